The van der Waals surface area contributed by atoms with Crippen LogP contribution in [0.5, 0.6) is 0 Å². The van der Waals surface area contributed by atoms with E-state index in [2.05, 4.69) is 0 Å². The predicted octanol–water partition coefficient (Wildman–Crippen LogP) is 3.32. The summed E-state index contributed by atoms with van der Waals surface area (Å²) in [6.45, 7) is 3.85. The molecule has 0 unspecified atom stereocenters. The topological polar surface area (TPSA) is 69.6 Å². The van der Waals surface area contributed by atoms with Crippen molar-refractivity contribution in [3.63, 3.8) is 0 Å². The summed E-state index contributed by atoms with van der Waals surface area (Å²) in [7, 11) is 3.89. The van der Waals surface area contributed by atoms with Gasteiger partial charge in [-0.25, -0.2) is 14.4 Å². The van der Waals surface area contributed by atoms with Crippen LogP contribution in [0.2, 0.25) is 0 Å². The molecule has 2 aliphatic rings. The minimum Gasteiger partial charge on any atom is -0.363 e. The van der Waals surface area contributed by atoms with Gasteiger partial charge < -0.3 is 14.7 Å². The SMILES string of the molecule is CCC(=O)N1CCC(c2nc([C@H]3CC(=O)N(c4ccc(F)cc4)C3)cc(N(C)C)n2)CC1. The van der Waals surface area contributed by atoms with Crippen molar-refractivity contribution in [1.29, 1.82) is 0 Å². The highest BCUT2D eigenvalue weighted by Gasteiger charge is 2.34. The monoisotopic (exact) mass is 439 g/mol. The fourth-order valence-corrected chi connectivity index (χ4v) is 4.48. The number of amides is 2. The molecule has 1 aromatic heterocycles. The number of benzene rings is 1. The summed E-state index contributed by atoms with van der Waals surface area (Å²) in [6, 6.07) is 7.98. The van der Waals surface area contributed by atoms with E-state index in [-0.39, 0.29) is 29.5 Å². The third kappa shape index (κ3) is 4.59. The lowest BCUT2D eigenvalue weighted by atomic mass is 9.95. The molecule has 0 saturated carbocycles. The average molecular weight is 440 g/mol. The van der Waals surface area contributed by atoms with Gasteiger partial charge in [0.1, 0.15) is 17.5 Å². The van der Waals surface area contributed by atoms with Crippen molar-refractivity contribution in [2.24, 2.45) is 0 Å². The molecule has 170 valence electrons. The highest BCUT2D eigenvalue weighted by molar-refractivity contribution is 5.96. The molecule has 0 aliphatic carbocycles. The van der Waals surface area contributed by atoms with E-state index in [4.69, 9.17) is 9.97 Å². The van der Waals surface area contributed by atoms with Crippen LogP contribution in [0, 0.1) is 5.82 Å². The van der Waals surface area contributed by atoms with Crippen LogP contribution in [-0.4, -0.2) is 60.4 Å². The van der Waals surface area contributed by atoms with E-state index in [0.717, 1.165) is 43.3 Å². The van der Waals surface area contributed by atoms with Gasteiger partial charge in [-0.1, -0.05) is 6.92 Å². The van der Waals surface area contributed by atoms with Gasteiger partial charge in [-0.3, -0.25) is 9.59 Å². The van der Waals surface area contributed by atoms with E-state index in [1.54, 1.807) is 17.0 Å². The quantitative estimate of drug-likeness (QED) is 0.715. The van der Waals surface area contributed by atoms with E-state index in [1.807, 2.05) is 36.9 Å². The van der Waals surface area contributed by atoms with E-state index >= 15 is 0 Å². The van der Waals surface area contributed by atoms with Crippen molar-refractivity contribution in [2.45, 2.75) is 44.4 Å². The second-order valence-electron chi connectivity index (χ2n) is 8.79. The summed E-state index contributed by atoms with van der Waals surface area (Å²) in [5.41, 5.74) is 1.57. The van der Waals surface area contributed by atoms with Gasteiger partial charge in [0.05, 0.1) is 5.69 Å². The molecule has 0 N–H and O–H groups in total. The van der Waals surface area contributed by atoms with Crippen molar-refractivity contribution < 1.29 is 14.0 Å². The zero-order valence-electron chi connectivity index (χ0n) is 18.9. The van der Waals surface area contributed by atoms with Gasteiger partial charge in [-0.15, -0.1) is 0 Å². The predicted molar refractivity (Wildman–Crippen MR) is 121 cm³/mol. The Morgan fingerprint density at radius 2 is 1.81 bits per heavy atom. The molecule has 3 heterocycles. The lowest BCUT2D eigenvalue weighted by molar-refractivity contribution is -0.131. The molecule has 2 aromatic rings. The third-order valence-corrected chi connectivity index (χ3v) is 6.40. The van der Waals surface area contributed by atoms with Crippen molar-refractivity contribution in [3.8, 4) is 0 Å². The molecule has 1 atom stereocenters. The molecule has 32 heavy (non-hydrogen) atoms. The fraction of sp³-hybridized carbons (Fsp3) is 0.500. The Morgan fingerprint density at radius 3 is 2.44 bits per heavy atom. The van der Waals surface area contributed by atoms with Crippen LogP contribution in [-0.2, 0) is 9.59 Å². The molecule has 0 bridgehead atoms. The molecule has 2 fully saturated rings. The van der Waals surface area contributed by atoms with Crippen LogP contribution in [0.25, 0.3) is 0 Å². The second-order valence-corrected chi connectivity index (χ2v) is 8.79. The largest absolute Gasteiger partial charge is 0.363 e. The Labute approximate surface area is 188 Å². The normalized spacial score (nSPS) is 19.5. The van der Waals surface area contributed by atoms with E-state index in [1.165, 1.54) is 12.1 Å². The van der Waals surface area contributed by atoms with Crippen LogP contribution in [0.3, 0.4) is 0 Å². The number of likely N-dealkylation sites (tertiary alicyclic amines) is 1. The number of aromatic nitrogens is 2. The number of carbonyl (C=O) groups is 2. The smallest absolute Gasteiger partial charge is 0.227 e. The lowest BCUT2D eigenvalue weighted by Gasteiger charge is -2.31. The maximum Gasteiger partial charge on any atom is 0.227 e. The van der Waals surface area contributed by atoms with Crippen molar-refractivity contribution in [3.05, 3.63) is 47.7 Å². The summed E-state index contributed by atoms with van der Waals surface area (Å²) >= 11 is 0. The number of hydrogen-bond donors (Lipinski definition) is 0. The number of nitrogens with zero attached hydrogens (tertiary/aromatic N) is 5. The Kier molecular flexibility index (Phi) is 6.39. The van der Waals surface area contributed by atoms with Crippen LogP contribution in [0.4, 0.5) is 15.9 Å². The molecule has 2 aliphatic heterocycles. The van der Waals surface area contributed by atoms with Gasteiger partial charge in [0, 0.05) is 70.2 Å². The second kappa shape index (κ2) is 9.22. The summed E-state index contributed by atoms with van der Waals surface area (Å²) < 4.78 is 13.3. The van der Waals surface area contributed by atoms with E-state index < -0.39 is 0 Å². The van der Waals surface area contributed by atoms with Crippen molar-refractivity contribution in [2.75, 3.05) is 43.5 Å². The average Bonchev–Trinajstić information content (AvgIpc) is 3.20. The maximum atomic E-state index is 13.3. The first-order chi connectivity index (χ1) is 15.4. The van der Waals surface area contributed by atoms with Gasteiger partial charge in [-0.05, 0) is 37.1 Å². The number of carbonyl (C=O) groups excluding carboxylic acids is 2. The van der Waals surface area contributed by atoms with Crippen molar-refractivity contribution in [1.82, 2.24) is 14.9 Å². The molecule has 8 heteroatoms. The van der Waals surface area contributed by atoms with E-state index in [0.29, 0.717) is 25.1 Å². The van der Waals surface area contributed by atoms with Crippen LogP contribution in [0.1, 0.15) is 56.0 Å². The van der Waals surface area contributed by atoms with Crippen LogP contribution in [0.15, 0.2) is 30.3 Å². The Balaban J connectivity index is 1.55. The highest BCUT2D eigenvalue weighted by Crippen LogP contribution is 2.34. The fourth-order valence-electron chi connectivity index (χ4n) is 4.48. The molecule has 4 rings (SSSR count). The molecule has 1 aromatic carbocycles. The molecular weight excluding hydrogens is 409 g/mol. The summed E-state index contributed by atoms with van der Waals surface area (Å²) in [6.07, 6.45) is 2.58. The zero-order valence-corrected chi connectivity index (χ0v) is 18.9. The van der Waals surface area contributed by atoms with Crippen LogP contribution < -0.4 is 9.80 Å². The summed E-state index contributed by atoms with van der Waals surface area (Å²) in [4.78, 5) is 40.0. The Morgan fingerprint density at radius 1 is 1.12 bits per heavy atom. The molecule has 0 spiro atoms. The molecule has 7 nitrogen and oxygen atoms in total. The maximum absolute atomic E-state index is 13.3. The van der Waals surface area contributed by atoms with E-state index in [9.17, 15) is 14.0 Å². The molecular formula is C24H30FN5O2. The standard InChI is InChI=1S/C24H30FN5O2/c1-4-22(31)29-11-9-16(10-12-29)24-26-20(14-21(27-24)28(2)3)17-13-23(32)30(15-17)19-7-5-18(25)6-8-19/h5-8,14,16-17H,4,9-13,15H2,1-3H3/t17-/m0/s1. The lowest BCUT2D eigenvalue weighted by Crippen LogP contribution is -2.37. The first-order valence-corrected chi connectivity index (χ1v) is 11.3. The number of anilines is 2. The Bertz CT molecular complexity index is 986. The first-order valence-electron chi connectivity index (χ1n) is 11.3. The number of hydrogen-bond acceptors (Lipinski definition) is 5. The minimum atomic E-state index is -0.320. The summed E-state index contributed by atoms with van der Waals surface area (Å²) in [5.74, 6) is 1.65. The van der Waals surface area contributed by atoms with Crippen molar-refractivity contribution >= 4 is 23.3 Å². The number of rotatable bonds is 5. The highest BCUT2D eigenvalue weighted by atomic mass is 19.1. The van der Waals surface area contributed by atoms with Crippen LogP contribution >= 0.6 is 0 Å². The molecule has 2 saturated heterocycles. The summed E-state index contributed by atoms with van der Waals surface area (Å²) in [5, 5.41) is 0. The minimum absolute atomic E-state index is 0.0135. The van der Waals surface area contributed by atoms with Gasteiger partial charge >= 0.3 is 0 Å². The third-order valence-electron chi connectivity index (χ3n) is 6.40. The van der Waals surface area contributed by atoms with Gasteiger partial charge in [0.25, 0.3) is 0 Å². The molecule has 2 amide bonds. The van der Waals surface area contributed by atoms with Gasteiger partial charge in [0.15, 0.2) is 0 Å². The zero-order chi connectivity index (χ0) is 22.8. The first kappa shape index (κ1) is 22.2. The van der Waals surface area contributed by atoms with Gasteiger partial charge in [-0.2, -0.15) is 0 Å². The van der Waals surface area contributed by atoms with Gasteiger partial charge in [0.2, 0.25) is 11.8 Å². The number of halogens is 1. The number of piperidine rings is 1. The Hall–Kier alpha value is -3.03. The molecule has 0 radical (unpaired) electrons.